The SMILES string of the molecule is CC(C)C(CO)NCc1cc2ccccc2[nH]c1=O. The zero-order chi connectivity index (χ0) is 13.8. The fraction of sp³-hybridized carbons (Fsp3) is 0.400. The summed E-state index contributed by atoms with van der Waals surface area (Å²) in [6.07, 6.45) is 0. The Morgan fingerprint density at radius 2 is 2.05 bits per heavy atom. The Bertz CT molecular complexity index is 604. The van der Waals surface area contributed by atoms with Crippen molar-refractivity contribution in [2.75, 3.05) is 6.61 Å². The fourth-order valence-corrected chi connectivity index (χ4v) is 2.08. The second-order valence-corrected chi connectivity index (χ2v) is 5.12. The van der Waals surface area contributed by atoms with Crippen LogP contribution in [0.2, 0.25) is 0 Å². The van der Waals surface area contributed by atoms with Crippen molar-refractivity contribution in [2.45, 2.75) is 26.4 Å². The molecule has 0 bridgehead atoms. The van der Waals surface area contributed by atoms with Gasteiger partial charge in [0.05, 0.1) is 6.61 Å². The van der Waals surface area contributed by atoms with Crippen LogP contribution >= 0.6 is 0 Å². The second kappa shape index (κ2) is 5.99. The largest absolute Gasteiger partial charge is 0.395 e. The Balaban J connectivity index is 2.21. The van der Waals surface area contributed by atoms with Crippen molar-refractivity contribution in [2.24, 2.45) is 5.92 Å². The number of aromatic nitrogens is 1. The van der Waals surface area contributed by atoms with Crippen LogP contribution in [0.3, 0.4) is 0 Å². The van der Waals surface area contributed by atoms with E-state index in [2.05, 4.69) is 10.3 Å². The van der Waals surface area contributed by atoms with E-state index in [1.807, 2.05) is 44.2 Å². The van der Waals surface area contributed by atoms with E-state index in [4.69, 9.17) is 0 Å². The maximum Gasteiger partial charge on any atom is 0.252 e. The van der Waals surface area contributed by atoms with Gasteiger partial charge >= 0.3 is 0 Å². The summed E-state index contributed by atoms with van der Waals surface area (Å²) in [5, 5.41) is 13.5. The molecule has 2 aromatic rings. The lowest BCUT2D eigenvalue weighted by Gasteiger charge is -2.19. The van der Waals surface area contributed by atoms with Gasteiger partial charge < -0.3 is 15.4 Å². The van der Waals surface area contributed by atoms with Crippen molar-refractivity contribution in [1.29, 1.82) is 0 Å². The third-order valence-corrected chi connectivity index (χ3v) is 3.39. The van der Waals surface area contributed by atoms with Gasteiger partial charge in [0, 0.05) is 23.7 Å². The van der Waals surface area contributed by atoms with Gasteiger partial charge in [-0.2, -0.15) is 0 Å². The first-order chi connectivity index (χ1) is 9.11. The summed E-state index contributed by atoms with van der Waals surface area (Å²) in [5.41, 5.74) is 1.46. The number of aliphatic hydroxyl groups is 1. The minimum Gasteiger partial charge on any atom is -0.395 e. The van der Waals surface area contributed by atoms with Crippen LogP contribution in [0.5, 0.6) is 0 Å². The normalized spacial score (nSPS) is 13.1. The Kier molecular flexibility index (Phi) is 4.35. The summed E-state index contributed by atoms with van der Waals surface area (Å²) < 4.78 is 0. The molecule has 0 saturated carbocycles. The number of pyridine rings is 1. The lowest BCUT2D eigenvalue weighted by atomic mass is 10.0. The number of rotatable bonds is 5. The first-order valence-electron chi connectivity index (χ1n) is 6.57. The molecule has 0 amide bonds. The number of benzene rings is 1. The maximum absolute atomic E-state index is 11.9. The zero-order valence-corrected chi connectivity index (χ0v) is 11.3. The molecule has 1 aromatic carbocycles. The molecule has 2 rings (SSSR count). The Morgan fingerprint density at radius 1 is 1.32 bits per heavy atom. The number of para-hydroxylation sites is 1. The monoisotopic (exact) mass is 260 g/mol. The van der Waals surface area contributed by atoms with E-state index in [0.717, 1.165) is 10.9 Å². The number of H-pyrrole nitrogens is 1. The van der Waals surface area contributed by atoms with Gasteiger partial charge in [0.1, 0.15) is 0 Å². The van der Waals surface area contributed by atoms with E-state index in [-0.39, 0.29) is 18.2 Å². The van der Waals surface area contributed by atoms with Crippen molar-refractivity contribution in [3.8, 4) is 0 Å². The Labute approximate surface area is 112 Å². The lowest BCUT2D eigenvalue weighted by molar-refractivity contribution is 0.210. The molecule has 0 spiro atoms. The number of nitrogens with one attached hydrogen (secondary N) is 2. The number of aliphatic hydroxyl groups excluding tert-OH is 1. The summed E-state index contributed by atoms with van der Waals surface area (Å²) in [6.45, 7) is 4.61. The molecule has 1 heterocycles. The van der Waals surface area contributed by atoms with Crippen LogP contribution in [0.15, 0.2) is 35.1 Å². The smallest absolute Gasteiger partial charge is 0.252 e. The molecule has 0 saturated heterocycles. The number of hydrogen-bond acceptors (Lipinski definition) is 3. The van der Waals surface area contributed by atoms with Crippen LogP contribution < -0.4 is 10.9 Å². The van der Waals surface area contributed by atoms with Gasteiger partial charge in [0.15, 0.2) is 0 Å². The molecule has 1 unspecified atom stereocenters. The van der Waals surface area contributed by atoms with Crippen LogP contribution in [0, 0.1) is 5.92 Å². The highest BCUT2D eigenvalue weighted by molar-refractivity contribution is 5.78. The molecule has 0 radical (unpaired) electrons. The van der Waals surface area contributed by atoms with Gasteiger partial charge in [-0.3, -0.25) is 4.79 Å². The van der Waals surface area contributed by atoms with Crippen LogP contribution in [0.4, 0.5) is 0 Å². The van der Waals surface area contributed by atoms with Crippen LogP contribution in [0.1, 0.15) is 19.4 Å². The molecular weight excluding hydrogens is 240 g/mol. The van der Waals surface area contributed by atoms with Gasteiger partial charge in [0.2, 0.25) is 0 Å². The van der Waals surface area contributed by atoms with E-state index in [1.165, 1.54) is 0 Å². The topological polar surface area (TPSA) is 65.1 Å². The van der Waals surface area contributed by atoms with Crippen molar-refractivity contribution in [3.63, 3.8) is 0 Å². The van der Waals surface area contributed by atoms with E-state index < -0.39 is 0 Å². The average Bonchev–Trinajstić information content (AvgIpc) is 2.39. The van der Waals surface area contributed by atoms with Gasteiger partial charge in [-0.15, -0.1) is 0 Å². The van der Waals surface area contributed by atoms with Crippen molar-refractivity contribution < 1.29 is 5.11 Å². The summed E-state index contributed by atoms with van der Waals surface area (Å²) in [4.78, 5) is 14.8. The standard InChI is InChI=1S/C15H20N2O2/c1-10(2)14(9-18)16-8-12-7-11-5-3-4-6-13(11)17-15(12)19/h3-7,10,14,16,18H,8-9H2,1-2H3,(H,17,19). The van der Waals surface area contributed by atoms with Crippen LogP contribution in [-0.2, 0) is 6.54 Å². The summed E-state index contributed by atoms with van der Waals surface area (Å²) in [5.74, 6) is 0.324. The third kappa shape index (κ3) is 3.22. The summed E-state index contributed by atoms with van der Waals surface area (Å²) in [7, 11) is 0. The molecule has 0 fully saturated rings. The molecular formula is C15H20N2O2. The first kappa shape index (κ1) is 13.8. The van der Waals surface area contributed by atoms with Crippen molar-refractivity contribution in [1.82, 2.24) is 10.3 Å². The molecule has 102 valence electrons. The Hall–Kier alpha value is -1.65. The lowest BCUT2D eigenvalue weighted by Crippen LogP contribution is -2.37. The molecule has 0 aliphatic carbocycles. The molecule has 19 heavy (non-hydrogen) atoms. The molecule has 4 nitrogen and oxygen atoms in total. The zero-order valence-electron chi connectivity index (χ0n) is 11.3. The predicted octanol–water partition coefficient (Wildman–Crippen LogP) is 1.63. The van der Waals surface area contributed by atoms with Crippen LogP contribution in [0.25, 0.3) is 10.9 Å². The minimum absolute atomic E-state index is 0.00544. The van der Waals surface area contributed by atoms with E-state index in [1.54, 1.807) is 0 Å². The molecule has 3 N–H and O–H groups in total. The van der Waals surface area contributed by atoms with E-state index in [0.29, 0.717) is 18.0 Å². The van der Waals surface area contributed by atoms with E-state index in [9.17, 15) is 9.90 Å². The minimum atomic E-state index is -0.0772. The highest BCUT2D eigenvalue weighted by atomic mass is 16.3. The highest BCUT2D eigenvalue weighted by Gasteiger charge is 2.12. The number of aromatic amines is 1. The summed E-state index contributed by atoms with van der Waals surface area (Å²) in [6, 6.07) is 9.61. The summed E-state index contributed by atoms with van der Waals surface area (Å²) >= 11 is 0. The predicted molar refractivity (Wildman–Crippen MR) is 77.1 cm³/mol. The van der Waals surface area contributed by atoms with Crippen LogP contribution in [-0.4, -0.2) is 22.7 Å². The molecule has 0 aliphatic heterocycles. The van der Waals surface area contributed by atoms with E-state index >= 15 is 0 Å². The number of fused-ring (bicyclic) bond motifs is 1. The second-order valence-electron chi connectivity index (χ2n) is 5.12. The quantitative estimate of drug-likeness (QED) is 0.765. The molecule has 0 aliphatic rings. The first-order valence-corrected chi connectivity index (χ1v) is 6.57. The maximum atomic E-state index is 11.9. The van der Waals surface area contributed by atoms with Crippen molar-refractivity contribution >= 4 is 10.9 Å². The van der Waals surface area contributed by atoms with Gasteiger partial charge in [-0.25, -0.2) is 0 Å². The highest BCUT2D eigenvalue weighted by Crippen LogP contribution is 2.10. The molecule has 4 heteroatoms. The Morgan fingerprint density at radius 3 is 2.74 bits per heavy atom. The fourth-order valence-electron chi connectivity index (χ4n) is 2.08. The average molecular weight is 260 g/mol. The third-order valence-electron chi connectivity index (χ3n) is 3.39. The van der Waals surface area contributed by atoms with Crippen molar-refractivity contribution in [3.05, 3.63) is 46.2 Å². The van der Waals surface area contributed by atoms with Gasteiger partial charge in [0.25, 0.3) is 5.56 Å². The molecule has 1 aromatic heterocycles. The number of hydrogen-bond donors (Lipinski definition) is 3. The van der Waals surface area contributed by atoms with Gasteiger partial charge in [-0.05, 0) is 23.4 Å². The molecule has 1 atom stereocenters. The van der Waals surface area contributed by atoms with Gasteiger partial charge in [-0.1, -0.05) is 32.0 Å².